The van der Waals surface area contributed by atoms with Crippen LogP contribution in [0, 0.1) is 23.1 Å². The number of hydrogen-bond acceptors (Lipinski definition) is 3. The van der Waals surface area contributed by atoms with Gasteiger partial charge in [0.25, 0.3) is 0 Å². The van der Waals surface area contributed by atoms with Crippen molar-refractivity contribution in [3.8, 4) is 6.07 Å². The highest BCUT2D eigenvalue weighted by Gasteiger charge is 2.24. The van der Waals surface area contributed by atoms with Gasteiger partial charge in [-0.15, -0.1) is 0 Å². The van der Waals surface area contributed by atoms with Gasteiger partial charge in [0.05, 0.1) is 17.6 Å². The molecule has 4 nitrogen and oxygen atoms in total. The van der Waals surface area contributed by atoms with E-state index in [0.29, 0.717) is 43.6 Å². The van der Waals surface area contributed by atoms with Crippen LogP contribution < -0.4 is 0 Å². The minimum atomic E-state index is -0.752. The lowest BCUT2D eigenvalue weighted by molar-refractivity contribution is -0.143. The zero-order valence-electron chi connectivity index (χ0n) is 10.5. The molecule has 1 saturated heterocycles. The molecule has 5 heteroatoms. The molecule has 1 N–H and O–H groups in total. The van der Waals surface area contributed by atoms with Gasteiger partial charge in [0.2, 0.25) is 0 Å². The van der Waals surface area contributed by atoms with Crippen LogP contribution in [0.5, 0.6) is 0 Å². The molecule has 0 radical (unpaired) electrons. The summed E-state index contributed by atoms with van der Waals surface area (Å²) >= 11 is 0. The summed E-state index contributed by atoms with van der Waals surface area (Å²) in [6, 6.07) is 6.30. The zero-order chi connectivity index (χ0) is 13.8. The highest BCUT2D eigenvalue weighted by Crippen LogP contribution is 2.20. The van der Waals surface area contributed by atoms with Crippen molar-refractivity contribution in [3.63, 3.8) is 0 Å². The third-order valence-corrected chi connectivity index (χ3v) is 3.51. The van der Waals surface area contributed by atoms with E-state index in [1.54, 1.807) is 6.07 Å². The largest absolute Gasteiger partial charge is 0.481 e. The van der Waals surface area contributed by atoms with E-state index >= 15 is 0 Å². The van der Waals surface area contributed by atoms with Crippen LogP contribution in [0.3, 0.4) is 0 Å². The van der Waals surface area contributed by atoms with Crippen molar-refractivity contribution in [1.82, 2.24) is 4.90 Å². The summed E-state index contributed by atoms with van der Waals surface area (Å²) in [6.07, 6.45) is 1.18. The number of nitriles is 1. The number of nitrogens with zero attached hydrogens (tertiary/aromatic N) is 2. The van der Waals surface area contributed by atoms with E-state index in [1.165, 1.54) is 12.1 Å². The van der Waals surface area contributed by atoms with Crippen LogP contribution in [0.25, 0.3) is 0 Å². The number of hydrogen-bond donors (Lipinski definition) is 1. The van der Waals surface area contributed by atoms with Gasteiger partial charge in [0.15, 0.2) is 0 Å². The molecule has 1 aromatic carbocycles. The van der Waals surface area contributed by atoms with Gasteiger partial charge < -0.3 is 5.11 Å². The Labute approximate surface area is 111 Å². The van der Waals surface area contributed by atoms with Gasteiger partial charge in [-0.25, -0.2) is 4.39 Å². The lowest BCUT2D eigenvalue weighted by Gasteiger charge is -2.30. The summed E-state index contributed by atoms with van der Waals surface area (Å²) in [6.45, 7) is 1.72. The number of piperidine rings is 1. The fourth-order valence-corrected chi connectivity index (χ4v) is 2.34. The van der Waals surface area contributed by atoms with Gasteiger partial charge in [-0.2, -0.15) is 5.26 Å². The highest BCUT2D eigenvalue weighted by atomic mass is 19.1. The standard InChI is InChI=1S/C14H15FN2O2/c15-13-2-1-10(8-16)7-12(13)9-17-5-3-11(4-6-17)14(18)19/h1-2,7,11H,3-6,9H2,(H,18,19). The molecule has 0 bridgehead atoms. The number of carbonyl (C=O) groups is 1. The summed E-state index contributed by atoms with van der Waals surface area (Å²) < 4.78 is 13.6. The van der Waals surface area contributed by atoms with Crippen molar-refractivity contribution in [2.24, 2.45) is 5.92 Å². The van der Waals surface area contributed by atoms with E-state index in [2.05, 4.69) is 0 Å². The van der Waals surface area contributed by atoms with E-state index in [0.717, 1.165) is 0 Å². The molecule has 0 amide bonds. The Morgan fingerprint density at radius 1 is 1.47 bits per heavy atom. The zero-order valence-corrected chi connectivity index (χ0v) is 10.5. The number of rotatable bonds is 3. The summed E-state index contributed by atoms with van der Waals surface area (Å²) in [4.78, 5) is 12.9. The van der Waals surface area contributed by atoms with E-state index < -0.39 is 5.97 Å². The molecule has 19 heavy (non-hydrogen) atoms. The molecule has 0 aromatic heterocycles. The van der Waals surface area contributed by atoms with Crippen LogP contribution >= 0.6 is 0 Å². The number of carboxylic acid groups (broad SMARTS) is 1. The first-order valence-electron chi connectivity index (χ1n) is 6.24. The van der Waals surface area contributed by atoms with Crippen molar-refractivity contribution >= 4 is 5.97 Å². The first-order chi connectivity index (χ1) is 9.10. The fraction of sp³-hybridized carbons (Fsp3) is 0.429. The number of aliphatic carboxylic acids is 1. The number of halogens is 1. The Bertz CT molecular complexity index is 517. The minimum Gasteiger partial charge on any atom is -0.481 e. The quantitative estimate of drug-likeness (QED) is 0.904. The molecular weight excluding hydrogens is 247 g/mol. The molecule has 1 aliphatic rings. The molecule has 0 atom stereocenters. The lowest BCUT2D eigenvalue weighted by Crippen LogP contribution is -2.36. The van der Waals surface area contributed by atoms with Crippen molar-refractivity contribution < 1.29 is 14.3 Å². The Morgan fingerprint density at radius 2 is 2.16 bits per heavy atom. The van der Waals surface area contributed by atoms with Crippen LogP contribution in [0.2, 0.25) is 0 Å². The molecule has 0 saturated carbocycles. The number of benzene rings is 1. The summed E-state index contributed by atoms with van der Waals surface area (Å²) in [7, 11) is 0. The average molecular weight is 262 g/mol. The molecule has 1 fully saturated rings. The molecule has 0 spiro atoms. The molecule has 0 unspecified atom stereocenters. The topological polar surface area (TPSA) is 64.3 Å². The highest BCUT2D eigenvalue weighted by molar-refractivity contribution is 5.70. The average Bonchev–Trinajstić information content (AvgIpc) is 2.42. The number of carboxylic acids is 1. The van der Waals surface area contributed by atoms with Crippen LogP contribution in [0.15, 0.2) is 18.2 Å². The third kappa shape index (κ3) is 3.30. The number of likely N-dealkylation sites (tertiary alicyclic amines) is 1. The first kappa shape index (κ1) is 13.5. The maximum atomic E-state index is 13.6. The Kier molecular flexibility index (Phi) is 4.13. The molecule has 100 valence electrons. The Balaban J connectivity index is 1.99. The Hall–Kier alpha value is -1.93. The van der Waals surface area contributed by atoms with E-state index in [9.17, 15) is 9.18 Å². The molecule has 1 aromatic rings. The van der Waals surface area contributed by atoms with Crippen LogP contribution in [0.4, 0.5) is 4.39 Å². The predicted octanol–water partition coefficient (Wildman–Crippen LogP) is 1.99. The van der Waals surface area contributed by atoms with E-state index in [-0.39, 0.29) is 11.7 Å². The van der Waals surface area contributed by atoms with Crippen LogP contribution in [-0.4, -0.2) is 29.1 Å². The minimum absolute atomic E-state index is 0.286. The maximum absolute atomic E-state index is 13.6. The lowest BCUT2D eigenvalue weighted by atomic mass is 9.96. The van der Waals surface area contributed by atoms with Crippen LogP contribution in [-0.2, 0) is 11.3 Å². The third-order valence-electron chi connectivity index (χ3n) is 3.51. The molecular formula is C14H15FN2O2. The van der Waals surface area contributed by atoms with E-state index in [4.69, 9.17) is 10.4 Å². The summed E-state index contributed by atoms with van der Waals surface area (Å²) in [5, 5.41) is 17.7. The predicted molar refractivity (Wildman–Crippen MR) is 66.8 cm³/mol. The van der Waals surface area contributed by atoms with Crippen molar-refractivity contribution in [1.29, 1.82) is 5.26 Å². The van der Waals surface area contributed by atoms with Gasteiger partial charge in [0, 0.05) is 12.1 Å². The maximum Gasteiger partial charge on any atom is 0.306 e. The normalized spacial score (nSPS) is 17.1. The van der Waals surface area contributed by atoms with Gasteiger partial charge >= 0.3 is 5.97 Å². The SMILES string of the molecule is N#Cc1ccc(F)c(CN2CCC(C(=O)O)CC2)c1. The van der Waals surface area contributed by atoms with Crippen LogP contribution in [0.1, 0.15) is 24.0 Å². The molecule has 2 rings (SSSR count). The van der Waals surface area contributed by atoms with Gasteiger partial charge in [0.1, 0.15) is 5.82 Å². The molecule has 0 aliphatic carbocycles. The smallest absolute Gasteiger partial charge is 0.306 e. The summed E-state index contributed by atoms with van der Waals surface area (Å²) in [5.41, 5.74) is 0.935. The van der Waals surface area contributed by atoms with Gasteiger partial charge in [-0.3, -0.25) is 9.69 Å². The molecule has 1 aliphatic heterocycles. The van der Waals surface area contributed by atoms with Gasteiger partial charge in [-0.1, -0.05) is 0 Å². The van der Waals surface area contributed by atoms with E-state index in [1.807, 2.05) is 11.0 Å². The van der Waals surface area contributed by atoms with Crippen molar-refractivity contribution in [3.05, 3.63) is 35.1 Å². The van der Waals surface area contributed by atoms with Crippen molar-refractivity contribution in [2.45, 2.75) is 19.4 Å². The second-order valence-corrected chi connectivity index (χ2v) is 4.81. The summed E-state index contributed by atoms with van der Waals surface area (Å²) in [5.74, 6) is -1.36. The Morgan fingerprint density at radius 3 is 2.74 bits per heavy atom. The second kappa shape index (κ2) is 5.81. The molecule has 1 heterocycles. The van der Waals surface area contributed by atoms with Crippen molar-refractivity contribution in [2.75, 3.05) is 13.1 Å². The first-order valence-corrected chi connectivity index (χ1v) is 6.24. The monoisotopic (exact) mass is 262 g/mol. The fourth-order valence-electron chi connectivity index (χ4n) is 2.34. The van der Waals surface area contributed by atoms with Gasteiger partial charge in [-0.05, 0) is 44.1 Å². The second-order valence-electron chi connectivity index (χ2n) is 4.81.